The smallest absolute Gasteiger partial charge is 0.263 e. The summed E-state index contributed by atoms with van der Waals surface area (Å²) < 4.78 is 28.4. The molecule has 19 heavy (non-hydrogen) atoms. The zero-order chi connectivity index (χ0) is 14.0. The van der Waals surface area contributed by atoms with Crippen LogP contribution in [0.25, 0.3) is 0 Å². The number of sulfonamides is 1. The number of benzene rings is 1. The van der Waals surface area contributed by atoms with Crippen molar-refractivity contribution in [3.05, 3.63) is 41.6 Å². The molecule has 0 atom stereocenters. The lowest BCUT2D eigenvalue weighted by atomic mass is 10.2. The molecule has 0 spiro atoms. The highest BCUT2D eigenvalue weighted by Crippen LogP contribution is 2.19. The standard InChI is InChI=1S/C12H16N4O2S/c1-9-3-5-11(6-4-9)19(17,18)15-12-10(7-13)8-14-16(12)2/h3-6,8,15H,7,13H2,1-2H3. The van der Waals surface area contributed by atoms with Gasteiger partial charge in [-0.2, -0.15) is 5.10 Å². The Morgan fingerprint density at radius 3 is 2.53 bits per heavy atom. The van der Waals surface area contributed by atoms with Crippen LogP contribution < -0.4 is 10.5 Å². The molecule has 6 nitrogen and oxygen atoms in total. The van der Waals surface area contributed by atoms with Crippen molar-refractivity contribution < 1.29 is 8.42 Å². The number of aryl methyl sites for hydroxylation is 2. The van der Waals surface area contributed by atoms with E-state index in [-0.39, 0.29) is 11.4 Å². The molecule has 0 aliphatic heterocycles. The summed E-state index contributed by atoms with van der Waals surface area (Å²) in [5.41, 5.74) is 7.21. The maximum absolute atomic E-state index is 12.2. The summed E-state index contributed by atoms with van der Waals surface area (Å²) >= 11 is 0. The van der Waals surface area contributed by atoms with E-state index >= 15 is 0 Å². The lowest BCUT2D eigenvalue weighted by Crippen LogP contribution is -2.17. The second-order valence-electron chi connectivity index (χ2n) is 4.26. The van der Waals surface area contributed by atoms with Gasteiger partial charge in [-0.1, -0.05) is 17.7 Å². The van der Waals surface area contributed by atoms with Gasteiger partial charge in [0, 0.05) is 19.2 Å². The van der Waals surface area contributed by atoms with Gasteiger partial charge in [-0.15, -0.1) is 0 Å². The molecular formula is C12H16N4O2S. The monoisotopic (exact) mass is 280 g/mol. The average Bonchev–Trinajstić information content (AvgIpc) is 2.70. The summed E-state index contributed by atoms with van der Waals surface area (Å²) in [6.07, 6.45) is 1.55. The maximum Gasteiger partial charge on any atom is 0.263 e. The molecule has 7 heteroatoms. The highest BCUT2D eigenvalue weighted by molar-refractivity contribution is 7.92. The largest absolute Gasteiger partial charge is 0.326 e. The van der Waals surface area contributed by atoms with Crippen LogP contribution in [0.15, 0.2) is 35.4 Å². The molecule has 1 aromatic carbocycles. The lowest BCUT2D eigenvalue weighted by Gasteiger charge is -2.10. The van der Waals surface area contributed by atoms with Gasteiger partial charge in [0.25, 0.3) is 10.0 Å². The average molecular weight is 280 g/mol. The van der Waals surface area contributed by atoms with Gasteiger partial charge in [0.1, 0.15) is 5.82 Å². The lowest BCUT2D eigenvalue weighted by molar-refractivity contribution is 0.600. The van der Waals surface area contributed by atoms with E-state index < -0.39 is 10.0 Å². The molecule has 3 N–H and O–H groups in total. The van der Waals surface area contributed by atoms with Gasteiger partial charge in [-0.05, 0) is 19.1 Å². The Morgan fingerprint density at radius 2 is 1.95 bits per heavy atom. The molecule has 2 rings (SSSR count). The van der Waals surface area contributed by atoms with Crippen molar-refractivity contribution in [2.75, 3.05) is 4.72 Å². The summed E-state index contributed by atoms with van der Waals surface area (Å²) in [4.78, 5) is 0.210. The molecule has 0 radical (unpaired) electrons. The van der Waals surface area contributed by atoms with E-state index in [1.165, 1.54) is 4.68 Å². The van der Waals surface area contributed by atoms with Crippen molar-refractivity contribution in [3.8, 4) is 0 Å². The van der Waals surface area contributed by atoms with Crippen molar-refractivity contribution in [2.24, 2.45) is 12.8 Å². The highest BCUT2D eigenvalue weighted by Gasteiger charge is 2.18. The Bertz CT molecular complexity index is 674. The molecule has 0 unspecified atom stereocenters. The van der Waals surface area contributed by atoms with Gasteiger partial charge >= 0.3 is 0 Å². The van der Waals surface area contributed by atoms with Crippen LogP contribution in [0.2, 0.25) is 0 Å². The predicted octanol–water partition coefficient (Wildman–Crippen LogP) is 0.988. The summed E-state index contributed by atoms with van der Waals surface area (Å²) in [6.45, 7) is 2.12. The number of hydrogen-bond acceptors (Lipinski definition) is 4. The van der Waals surface area contributed by atoms with E-state index in [0.717, 1.165) is 5.56 Å². The van der Waals surface area contributed by atoms with Gasteiger partial charge in [0.15, 0.2) is 0 Å². The quantitative estimate of drug-likeness (QED) is 0.873. The Morgan fingerprint density at radius 1 is 1.32 bits per heavy atom. The molecule has 1 aromatic heterocycles. The molecule has 0 amide bonds. The Kier molecular flexibility index (Phi) is 3.59. The predicted molar refractivity (Wildman–Crippen MR) is 73.1 cm³/mol. The van der Waals surface area contributed by atoms with Crippen molar-refractivity contribution in [1.29, 1.82) is 0 Å². The zero-order valence-corrected chi connectivity index (χ0v) is 11.6. The number of rotatable bonds is 4. The van der Waals surface area contributed by atoms with Crippen molar-refractivity contribution in [2.45, 2.75) is 18.4 Å². The van der Waals surface area contributed by atoms with Gasteiger partial charge in [0.05, 0.1) is 11.1 Å². The molecule has 102 valence electrons. The van der Waals surface area contributed by atoms with Gasteiger partial charge in [-0.3, -0.25) is 9.40 Å². The van der Waals surface area contributed by atoms with Crippen molar-refractivity contribution in [3.63, 3.8) is 0 Å². The fourth-order valence-corrected chi connectivity index (χ4v) is 2.80. The fourth-order valence-electron chi connectivity index (χ4n) is 1.67. The van der Waals surface area contributed by atoms with Crippen LogP contribution in [-0.2, 0) is 23.6 Å². The summed E-state index contributed by atoms with van der Waals surface area (Å²) in [5, 5.41) is 3.99. The summed E-state index contributed by atoms with van der Waals surface area (Å²) in [5.74, 6) is 0.392. The topological polar surface area (TPSA) is 90.0 Å². The molecule has 2 aromatic rings. The van der Waals surface area contributed by atoms with Crippen molar-refractivity contribution in [1.82, 2.24) is 9.78 Å². The minimum atomic E-state index is -3.62. The van der Waals surface area contributed by atoms with Crippen LogP contribution in [0.5, 0.6) is 0 Å². The third-order valence-electron chi connectivity index (χ3n) is 2.80. The van der Waals surface area contributed by atoms with E-state index in [9.17, 15) is 8.42 Å². The van der Waals surface area contributed by atoms with Gasteiger partial charge < -0.3 is 5.73 Å². The van der Waals surface area contributed by atoms with E-state index in [4.69, 9.17) is 5.73 Å². The molecule has 0 saturated heterocycles. The molecular weight excluding hydrogens is 264 g/mol. The molecule has 0 fully saturated rings. The van der Waals surface area contributed by atoms with E-state index in [1.807, 2.05) is 6.92 Å². The fraction of sp³-hybridized carbons (Fsp3) is 0.250. The number of nitrogens with two attached hydrogens (primary N) is 1. The third-order valence-corrected chi connectivity index (χ3v) is 4.15. The molecule has 0 aliphatic rings. The second-order valence-corrected chi connectivity index (χ2v) is 5.95. The number of aromatic nitrogens is 2. The first-order chi connectivity index (χ1) is 8.94. The van der Waals surface area contributed by atoms with E-state index in [1.54, 1.807) is 37.5 Å². The SMILES string of the molecule is Cc1ccc(S(=O)(=O)Nc2c(CN)cnn2C)cc1. The Balaban J connectivity index is 2.36. The van der Waals surface area contributed by atoms with E-state index in [0.29, 0.717) is 11.4 Å². The van der Waals surface area contributed by atoms with Crippen LogP contribution in [0.1, 0.15) is 11.1 Å². The minimum Gasteiger partial charge on any atom is -0.326 e. The number of anilines is 1. The van der Waals surface area contributed by atoms with Crippen LogP contribution in [0.4, 0.5) is 5.82 Å². The van der Waals surface area contributed by atoms with Gasteiger partial charge in [-0.25, -0.2) is 8.42 Å². The van der Waals surface area contributed by atoms with E-state index in [2.05, 4.69) is 9.82 Å². The first-order valence-electron chi connectivity index (χ1n) is 5.74. The normalized spacial score (nSPS) is 11.5. The van der Waals surface area contributed by atoms with Crippen LogP contribution in [0.3, 0.4) is 0 Å². The van der Waals surface area contributed by atoms with Crippen LogP contribution >= 0.6 is 0 Å². The van der Waals surface area contributed by atoms with Crippen LogP contribution in [0, 0.1) is 6.92 Å². The maximum atomic E-state index is 12.2. The summed E-state index contributed by atoms with van der Waals surface area (Å²) in [6, 6.07) is 6.63. The molecule has 0 aliphatic carbocycles. The first-order valence-corrected chi connectivity index (χ1v) is 7.23. The Hall–Kier alpha value is -1.86. The van der Waals surface area contributed by atoms with Crippen LogP contribution in [-0.4, -0.2) is 18.2 Å². The molecule has 0 bridgehead atoms. The number of hydrogen-bond donors (Lipinski definition) is 2. The molecule has 0 saturated carbocycles. The molecule has 1 heterocycles. The Labute approximate surface area is 112 Å². The zero-order valence-electron chi connectivity index (χ0n) is 10.8. The van der Waals surface area contributed by atoms with Gasteiger partial charge in [0.2, 0.25) is 0 Å². The second kappa shape index (κ2) is 5.02. The first kappa shape index (κ1) is 13.6. The summed E-state index contributed by atoms with van der Waals surface area (Å²) in [7, 11) is -1.96. The number of nitrogens with one attached hydrogen (secondary N) is 1. The van der Waals surface area contributed by atoms with Crippen molar-refractivity contribution >= 4 is 15.8 Å². The third kappa shape index (κ3) is 2.77. The minimum absolute atomic E-state index is 0.210. The number of nitrogens with zero attached hydrogens (tertiary/aromatic N) is 2. The highest BCUT2D eigenvalue weighted by atomic mass is 32.2.